The number of benzene rings is 1. The fourth-order valence-corrected chi connectivity index (χ4v) is 6.08. The molecule has 1 aliphatic heterocycles. The Kier molecular flexibility index (Phi) is 8.53. The van der Waals surface area contributed by atoms with Crippen LogP contribution in [0.15, 0.2) is 54.0 Å². The van der Waals surface area contributed by atoms with Gasteiger partial charge in [-0.1, -0.05) is 50.8 Å². The predicted octanol–water partition coefficient (Wildman–Crippen LogP) is 6.89. The highest BCUT2D eigenvalue weighted by molar-refractivity contribution is 5.91. The Bertz CT molecular complexity index is 1830. The molecule has 3 aromatic heterocycles. The van der Waals surface area contributed by atoms with Crippen molar-refractivity contribution in [1.29, 1.82) is 0 Å². The number of aromatic nitrogens is 4. The van der Waals surface area contributed by atoms with E-state index in [0.717, 1.165) is 5.56 Å². The number of fused-ring (bicyclic) bond motifs is 1. The summed E-state index contributed by atoms with van der Waals surface area (Å²) in [7, 11) is 0. The van der Waals surface area contributed by atoms with Gasteiger partial charge in [0, 0.05) is 36.9 Å². The predicted molar refractivity (Wildman–Crippen MR) is 176 cm³/mol. The van der Waals surface area contributed by atoms with Gasteiger partial charge < -0.3 is 14.5 Å². The van der Waals surface area contributed by atoms with Crippen LogP contribution in [0.1, 0.15) is 71.2 Å². The van der Waals surface area contributed by atoms with Gasteiger partial charge in [-0.15, -0.1) is 0 Å². The number of pyridine rings is 2. The monoisotopic (exact) mass is 612 g/mol. The standard InChI is InChI=1S/C35H41FN6O3/c1-10-24-13-11-12-14-25(24)29-27(36)17-26-31(38-29)42(30-21(4)15-16-37-28(30)20(2)3)33(43)39-32(26)41-22(5)18-40(19-23(41)6)34(44)45-35(7,8)9/h10-17,20,22-23H,1,18-19H2,2-9H3/t22-,23-/m0/s1. The van der Waals surface area contributed by atoms with Gasteiger partial charge >= 0.3 is 11.8 Å². The van der Waals surface area contributed by atoms with E-state index in [1.807, 2.05) is 84.6 Å². The maximum Gasteiger partial charge on any atom is 0.410 e. The lowest BCUT2D eigenvalue weighted by Gasteiger charge is -2.45. The number of ether oxygens (including phenoxy) is 1. The number of rotatable bonds is 5. The molecular formula is C35H41FN6O3. The Morgan fingerprint density at radius 3 is 2.40 bits per heavy atom. The molecule has 9 nitrogen and oxygen atoms in total. The minimum absolute atomic E-state index is 0.0103. The summed E-state index contributed by atoms with van der Waals surface area (Å²) in [5, 5.41) is 0.384. The molecule has 1 amide bonds. The number of hydrogen-bond acceptors (Lipinski definition) is 7. The Labute approximate surface area is 263 Å². The van der Waals surface area contributed by atoms with E-state index in [1.54, 1.807) is 23.2 Å². The lowest BCUT2D eigenvalue weighted by atomic mass is 10.0. The molecule has 45 heavy (non-hydrogen) atoms. The largest absolute Gasteiger partial charge is 0.444 e. The molecule has 4 aromatic rings. The number of nitrogens with zero attached hydrogens (tertiary/aromatic N) is 6. The van der Waals surface area contributed by atoms with Crippen molar-refractivity contribution in [3.8, 4) is 16.9 Å². The van der Waals surface area contributed by atoms with Crippen LogP contribution in [0, 0.1) is 12.7 Å². The maximum absolute atomic E-state index is 16.2. The Morgan fingerprint density at radius 2 is 1.78 bits per heavy atom. The summed E-state index contributed by atoms with van der Waals surface area (Å²) >= 11 is 0. The molecule has 2 atom stereocenters. The van der Waals surface area contributed by atoms with Crippen molar-refractivity contribution >= 4 is 29.0 Å². The highest BCUT2D eigenvalue weighted by Crippen LogP contribution is 2.35. The summed E-state index contributed by atoms with van der Waals surface area (Å²) in [6, 6.07) is 10.0. The number of aryl methyl sites for hydroxylation is 1. The van der Waals surface area contributed by atoms with Gasteiger partial charge in [0.05, 0.1) is 16.8 Å². The molecule has 4 heterocycles. The Morgan fingerprint density at radius 1 is 1.11 bits per heavy atom. The number of halogens is 1. The summed E-state index contributed by atoms with van der Waals surface area (Å²) < 4.78 is 23.3. The number of anilines is 1. The van der Waals surface area contributed by atoms with E-state index in [2.05, 4.69) is 16.5 Å². The molecule has 0 N–H and O–H groups in total. The van der Waals surface area contributed by atoms with Crippen LogP contribution < -0.4 is 10.6 Å². The molecule has 1 fully saturated rings. The number of carbonyl (C=O) groups is 1. The van der Waals surface area contributed by atoms with Gasteiger partial charge in [-0.05, 0) is 70.7 Å². The maximum atomic E-state index is 16.2. The van der Waals surface area contributed by atoms with Crippen molar-refractivity contribution < 1.29 is 13.9 Å². The molecule has 0 bridgehead atoms. The van der Waals surface area contributed by atoms with E-state index >= 15 is 4.39 Å². The number of hydrogen-bond donors (Lipinski definition) is 0. The zero-order chi connectivity index (χ0) is 32.8. The van der Waals surface area contributed by atoms with Crippen molar-refractivity contribution in [2.24, 2.45) is 0 Å². The van der Waals surface area contributed by atoms with Crippen LogP contribution in [-0.2, 0) is 4.74 Å². The quantitative estimate of drug-likeness (QED) is 0.242. The van der Waals surface area contributed by atoms with Crippen LogP contribution >= 0.6 is 0 Å². The number of piperazine rings is 1. The molecule has 0 aliphatic carbocycles. The molecule has 0 saturated carbocycles. The second kappa shape index (κ2) is 12.1. The van der Waals surface area contributed by atoms with Crippen molar-refractivity contribution in [1.82, 2.24) is 24.4 Å². The first kappa shape index (κ1) is 31.8. The summed E-state index contributed by atoms with van der Waals surface area (Å²) in [5.41, 5.74) is 2.58. The van der Waals surface area contributed by atoms with Crippen LogP contribution in [0.2, 0.25) is 0 Å². The van der Waals surface area contributed by atoms with Crippen LogP contribution in [0.25, 0.3) is 34.1 Å². The first-order valence-corrected chi connectivity index (χ1v) is 15.3. The molecule has 0 unspecified atom stereocenters. The third-order valence-electron chi connectivity index (χ3n) is 7.98. The van der Waals surface area contributed by atoms with Gasteiger partial charge in [0.15, 0.2) is 5.65 Å². The summed E-state index contributed by atoms with van der Waals surface area (Å²) in [6.45, 7) is 19.9. The molecule has 0 radical (unpaired) electrons. The lowest BCUT2D eigenvalue weighted by Crippen LogP contribution is -2.59. The SMILES string of the molecule is C=Cc1ccccc1-c1nc2c(cc1F)c(N1[C@@H](C)CN(C(=O)OC(C)(C)C)C[C@@H]1C)nc(=O)n2-c1c(C)ccnc1C(C)C. The molecule has 0 spiro atoms. The molecule has 1 aromatic carbocycles. The minimum Gasteiger partial charge on any atom is -0.444 e. The number of amides is 1. The van der Waals surface area contributed by atoms with Crippen molar-refractivity contribution in [3.63, 3.8) is 0 Å². The Hall–Kier alpha value is -4.60. The van der Waals surface area contributed by atoms with E-state index in [1.165, 1.54) is 10.6 Å². The van der Waals surface area contributed by atoms with Crippen LogP contribution in [0.3, 0.4) is 0 Å². The van der Waals surface area contributed by atoms with Gasteiger partial charge in [-0.2, -0.15) is 4.98 Å². The van der Waals surface area contributed by atoms with E-state index in [-0.39, 0.29) is 29.3 Å². The molecule has 1 saturated heterocycles. The van der Waals surface area contributed by atoms with Crippen molar-refractivity contribution in [2.75, 3.05) is 18.0 Å². The fraction of sp³-hybridized carbons (Fsp3) is 0.400. The third-order valence-corrected chi connectivity index (χ3v) is 7.98. The highest BCUT2D eigenvalue weighted by atomic mass is 19.1. The average molecular weight is 613 g/mol. The van der Waals surface area contributed by atoms with Gasteiger partial charge in [-0.3, -0.25) is 4.98 Å². The van der Waals surface area contributed by atoms with Gasteiger partial charge in [-0.25, -0.2) is 23.5 Å². The topological polar surface area (TPSA) is 93.5 Å². The van der Waals surface area contributed by atoms with Gasteiger partial charge in [0.25, 0.3) is 0 Å². The summed E-state index contributed by atoms with van der Waals surface area (Å²) in [4.78, 5) is 44.9. The zero-order valence-electron chi connectivity index (χ0n) is 27.3. The van der Waals surface area contributed by atoms with Gasteiger partial charge in [0.1, 0.15) is 22.9 Å². The fourth-order valence-electron chi connectivity index (χ4n) is 6.08. The summed E-state index contributed by atoms with van der Waals surface area (Å²) in [6.07, 6.45) is 2.97. The molecule has 1 aliphatic rings. The molecular weight excluding hydrogens is 571 g/mol. The van der Waals surface area contributed by atoms with E-state index in [4.69, 9.17) is 9.72 Å². The van der Waals surface area contributed by atoms with Crippen LogP contribution in [-0.4, -0.2) is 61.3 Å². The average Bonchev–Trinajstić information content (AvgIpc) is 2.96. The lowest BCUT2D eigenvalue weighted by molar-refractivity contribution is 0.0192. The molecule has 10 heteroatoms. The third kappa shape index (κ3) is 6.06. The number of carbonyl (C=O) groups excluding carboxylic acids is 1. The van der Waals surface area contributed by atoms with Crippen molar-refractivity contribution in [3.05, 3.63) is 82.3 Å². The zero-order valence-corrected chi connectivity index (χ0v) is 27.3. The van der Waals surface area contributed by atoms with E-state index < -0.39 is 23.2 Å². The van der Waals surface area contributed by atoms with E-state index in [0.29, 0.717) is 46.8 Å². The van der Waals surface area contributed by atoms with Crippen LogP contribution in [0.5, 0.6) is 0 Å². The normalized spacial score (nSPS) is 17.2. The second-order valence-corrected chi connectivity index (χ2v) is 13.0. The van der Waals surface area contributed by atoms with Crippen molar-refractivity contribution in [2.45, 2.75) is 79.0 Å². The smallest absolute Gasteiger partial charge is 0.410 e. The first-order valence-electron chi connectivity index (χ1n) is 15.3. The first-order chi connectivity index (χ1) is 21.2. The Balaban J connectivity index is 1.77. The van der Waals surface area contributed by atoms with Crippen LogP contribution in [0.4, 0.5) is 15.0 Å². The summed E-state index contributed by atoms with van der Waals surface area (Å²) in [5.74, 6) is -0.244. The molecule has 5 rings (SSSR count). The highest BCUT2D eigenvalue weighted by Gasteiger charge is 2.36. The molecule has 236 valence electrons. The van der Waals surface area contributed by atoms with E-state index in [9.17, 15) is 9.59 Å². The second-order valence-electron chi connectivity index (χ2n) is 13.0. The van der Waals surface area contributed by atoms with Gasteiger partial charge in [0.2, 0.25) is 0 Å². The minimum atomic E-state index is -0.632.